The molecule has 0 saturated carbocycles. The van der Waals surface area contributed by atoms with Gasteiger partial charge in [0.05, 0.1) is 19.1 Å². The molecule has 2 aromatic heterocycles. The highest BCUT2D eigenvalue weighted by molar-refractivity contribution is 7.14. The monoisotopic (exact) mass is 371 g/mol. The molecule has 0 spiro atoms. The molecule has 0 aliphatic carbocycles. The molecule has 0 aliphatic heterocycles. The summed E-state index contributed by atoms with van der Waals surface area (Å²) in [5.74, 6) is 0.801. The van der Waals surface area contributed by atoms with Crippen LogP contribution in [0, 0.1) is 0 Å². The van der Waals surface area contributed by atoms with Crippen LogP contribution in [0.25, 0.3) is 11.3 Å². The summed E-state index contributed by atoms with van der Waals surface area (Å²) in [4.78, 5) is 22.4. The van der Waals surface area contributed by atoms with Crippen LogP contribution in [-0.4, -0.2) is 46.2 Å². The van der Waals surface area contributed by atoms with Gasteiger partial charge in [-0.3, -0.25) is 5.32 Å². The molecule has 0 fully saturated rings. The molecule has 3 aromatic rings. The van der Waals surface area contributed by atoms with Gasteiger partial charge in [0, 0.05) is 43.5 Å². The molecule has 0 atom stereocenters. The molecule has 26 heavy (non-hydrogen) atoms. The maximum atomic E-state index is 12.3. The van der Waals surface area contributed by atoms with E-state index in [1.165, 1.54) is 11.3 Å². The number of hydrogen-bond donors (Lipinski definition) is 1. The number of amides is 2. The van der Waals surface area contributed by atoms with Gasteiger partial charge in [-0.1, -0.05) is 0 Å². The van der Waals surface area contributed by atoms with Crippen molar-refractivity contribution >= 4 is 22.5 Å². The zero-order valence-corrected chi connectivity index (χ0v) is 15.6. The first-order chi connectivity index (χ1) is 12.7. The van der Waals surface area contributed by atoms with Crippen molar-refractivity contribution in [2.24, 2.45) is 0 Å². The topological polar surface area (TPSA) is 72.3 Å². The summed E-state index contributed by atoms with van der Waals surface area (Å²) < 4.78 is 7.15. The highest BCUT2D eigenvalue weighted by Gasteiger charge is 2.12. The number of aryl methyl sites for hydroxylation is 1. The van der Waals surface area contributed by atoms with E-state index in [0.717, 1.165) is 30.0 Å². The van der Waals surface area contributed by atoms with Crippen LogP contribution >= 0.6 is 11.3 Å². The van der Waals surface area contributed by atoms with Gasteiger partial charge in [0.1, 0.15) is 5.75 Å². The highest BCUT2D eigenvalue weighted by Crippen LogP contribution is 2.26. The predicted molar refractivity (Wildman–Crippen MR) is 103 cm³/mol. The number of imidazole rings is 1. The Labute approximate surface area is 156 Å². The number of nitrogens with zero attached hydrogens (tertiary/aromatic N) is 4. The van der Waals surface area contributed by atoms with Gasteiger partial charge in [0.25, 0.3) is 0 Å². The van der Waals surface area contributed by atoms with Crippen molar-refractivity contribution in [2.45, 2.75) is 13.0 Å². The zero-order valence-electron chi connectivity index (χ0n) is 14.8. The summed E-state index contributed by atoms with van der Waals surface area (Å²) in [6.07, 6.45) is 6.29. The van der Waals surface area contributed by atoms with Crippen LogP contribution in [0.3, 0.4) is 0 Å². The summed E-state index contributed by atoms with van der Waals surface area (Å²) in [6, 6.07) is 7.51. The fourth-order valence-electron chi connectivity index (χ4n) is 2.42. The molecule has 1 N–H and O–H groups in total. The number of urea groups is 1. The van der Waals surface area contributed by atoms with Crippen LogP contribution in [0.2, 0.25) is 0 Å². The fourth-order valence-corrected chi connectivity index (χ4v) is 3.13. The summed E-state index contributed by atoms with van der Waals surface area (Å²) in [6.45, 7) is 1.48. The summed E-state index contributed by atoms with van der Waals surface area (Å²) in [5.41, 5.74) is 1.81. The van der Waals surface area contributed by atoms with Gasteiger partial charge in [0.15, 0.2) is 5.13 Å². The largest absolute Gasteiger partial charge is 0.497 e. The lowest BCUT2D eigenvalue weighted by Crippen LogP contribution is -2.32. The minimum atomic E-state index is -0.161. The third-order valence-electron chi connectivity index (χ3n) is 3.92. The maximum Gasteiger partial charge on any atom is 0.323 e. The van der Waals surface area contributed by atoms with Gasteiger partial charge in [-0.2, -0.15) is 0 Å². The fraction of sp³-hybridized carbons (Fsp3) is 0.278. The minimum Gasteiger partial charge on any atom is -0.497 e. The number of carbonyl (C=O) groups excluding carboxylic acids is 1. The molecule has 1 aromatic carbocycles. The average Bonchev–Trinajstić information content (AvgIpc) is 3.34. The molecular formula is C18H21N5O2S. The van der Waals surface area contributed by atoms with Crippen LogP contribution in [0.1, 0.15) is 6.42 Å². The second-order valence-corrected chi connectivity index (χ2v) is 6.63. The zero-order chi connectivity index (χ0) is 18.4. The van der Waals surface area contributed by atoms with Crippen LogP contribution in [-0.2, 0) is 6.54 Å². The van der Waals surface area contributed by atoms with Crippen molar-refractivity contribution in [1.82, 2.24) is 19.4 Å². The molecule has 0 radical (unpaired) electrons. The maximum absolute atomic E-state index is 12.3. The smallest absolute Gasteiger partial charge is 0.323 e. The molecule has 0 saturated heterocycles. The van der Waals surface area contributed by atoms with Crippen molar-refractivity contribution in [1.29, 1.82) is 0 Å². The first-order valence-corrected chi connectivity index (χ1v) is 9.11. The van der Waals surface area contributed by atoms with Crippen LogP contribution < -0.4 is 10.1 Å². The van der Waals surface area contributed by atoms with Gasteiger partial charge >= 0.3 is 6.03 Å². The van der Waals surface area contributed by atoms with Gasteiger partial charge in [0.2, 0.25) is 0 Å². The minimum absolute atomic E-state index is 0.161. The molecular weight excluding hydrogens is 350 g/mol. The summed E-state index contributed by atoms with van der Waals surface area (Å²) in [5, 5.41) is 5.36. The lowest BCUT2D eigenvalue weighted by molar-refractivity contribution is 0.221. The number of hydrogen-bond acceptors (Lipinski definition) is 5. The number of benzene rings is 1. The number of anilines is 1. The van der Waals surface area contributed by atoms with E-state index in [4.69, 9.17) is 4.74 Å². The summed E-state index contributed by atoms with van der Waals surface area (Å²) in [7, 11) is 3.42. The molecule has 7 nitrogen and oxygen atoms in total. The third kappa shape index (κ3) is 4.60. The van der Waals surface area contributed by atoms with E-state index in [1.54, 1.807) is 31.6 Å². The Morgan fingerprint density at radius 3 is 2.85 bits per heavy atom. The second-order valence-electron chi connectivity index (χ2n) is 5.77. The molecule has 0 unspecified atom stereocenters. The summed E-state index contributed by atoms with van der Waals surface area (Å²) >= 11 is 1.41. The molecule has 2 amide bonds. The van der Waals surface area contributed by atoms with Crippen molar-refractivity contribution in [3.8, 4) is 17.0 Å². The Kier molecular flexibility index (Phi) is 5.85. The average molecular weight is 371 g/mol. The highest BCUT2D eigenvalue weighted by atomic mass is 32.1. The Morgan fingerprint density at radius 1 is 1.35 bits per heavy atom. The first kappa shape index (κ1) is 17.9. The van der Waals surface area contributed by atoms with Crippen LogP contribution in [0.4, 0.5) is 9.93 Å². The Hall–Kier alpha value is -2.87. The van der Waals surface area contributed by atoms with Crippen molar-refractivity contribution in [2.75, 3.05) is 26.0 Å². The second kappa shape index (κ2) is 8.48. The third-order valence-corrected chi connectivity index (χ3v) is 4.68. The molecule has 0 aliphatic rings. The van der Waals surface area contributed by atoms with E-state index < -0.39 is 0 Å². The van der Waals surface area contributed by atoms with Crippen molar-refractivity contribution in [3.63, 3.8) is 0 Å². The predicted octanol–water partition coefficient (Wildman–Crippen LogP) is 3.57. The number of aromatic nitrogens is 3. The number of ether oxygens (including phenoxy) is 1. The first-order valence-electron chi connectivity index (χ1n) is 8.23. The molecule has 0 bridgehead atoms. The number of thiazole rings is 1. The lowest BCUT2D eigenvalue weighted by Gasteiger charge is -2.16. The van der Waals surface area contributed by atoms with Crippen LogP contribution in [0.15, 0.2) is 48.4 Å². The molecule has 136 valence electrons. The van der Waals surface area contributed by atoms with E-state index >= 15 is 0 Å². The molecule has 3 rings (SSSR count). The molecule has 8 heteroatoms. The normalized spacial score (nSPS) is 10.5. The Balaban J connectivity index is 1.51. The molecule has 2 heterocycles. The van der Waals surface area contributed by atoms with Crippen molar-refractivity contribution in [3.05, 3.63) is 48.4 Å². The van der Waals surface area contributed by atoms with Crippen LogP contribution in [0.5, 0.6) is 5.75 Å². The van der Waals surface area contributed by atoms with Gasteiger partial charge in [-0.05, 0) is 30.7 Å². The van der Waals surface area contributed by atoms with E-state index in [9.17, 15) is 4.79 Å². The van der Waals surface area contributed by atoms with Gasteiger partial charge < -0.3 is 14.2 Å². The Morgan fingerprint density at radius 2 is 2.15 bits per heavy atom. The number of rotatable bonds is 7. The van der Waals surface area contributed by atoms with Gasteiger partial charge in [-0.25, -0.2) is 14.8 Å². The van der Waals surface area contributed by atoms with E-state index in [0.29, 0.717) is 11.7 Å². The number of nitrogens with one attached hydrogen (secondary N) is 1. The van der Waals surface area contributed by atoms with Crippen molar-refractivity contribution < 1.29 is 9.53 Å². The Bertz CT molecular complexity index is 830. The quantitative estimate of drug-likeness (QED) is 0.689. The van der Waals surface area contributed by atoms with Gasteiger partial charge in [-0.15, -0.1) is 11.3 Å². The number of methoxy groups -OCH3 is 1. The van der Waals surface area contributed by atoms with E-state index in [-0.39, 0.29) is 6.03 Å². The lowest BCUT2D eigenvalue weighted by atomic mass is 10.2. The van der Waals surface area contributed by atoms with E-state index in [2.05, 4.69) is 15.3 Å². The SMILES string of the molecule is COc1ccc(-c2csc(NC(=O)N(C)CCCn3ccnc3)n2)cc1. The van der Waals surface area contributed by atoms with E-state index in [1.807, 2.05) is 40.4 Å². The standard InChI is InChI=1S/C18H21N5O2S/c1-22(9-3-10-23-11-8-19-13-23)18(24)21-17-20-16(12-26-17)14-4-6-15(25-2)7-5-14/h4-8,11-13H,3,9-10H2,1-2H3,(H,20,21,24). The number of carbonyl (C=O) groups is 1.